The Morgan fingerprint density at radius 3 is 2.55 bits per heavy atom. The predicted octanol–water partition coefficient (Wildman–Crippen LogP) is 2.71. The molecular formula is C9H20OSi. The molecule has 2 heteroatoms. The summed E-state index contributed by atoms with van der Waals surface area (Å²) in [5.74, 6) is 0. The Morgan fingerprint density at radius 2 is 1.91 bits per heavy atom. The lowest BCUT2D eigenvalue weighted by molar-refractivity contribution is 0.310. The summed E-state index contributed by atoms with van der Waals surface area (Å²) in [6, 6.07) is 2.90. The molecule has 1 saturated heterocycles. The summed E-state index contributed by atoms with van der Waals surface area (Å²) >= 11 is 0. The Labute approximate surface area is 71.9 Å². The van der Waals surface area contributed by atoms with E-state index in [1.165, 1.54) is 44.2 Å². The van der Waals surface area contributed by atoms with Crippen molar-refractivity contribution < 1.29 is 4.43 Å². The lowest BCUT2D eigenvalue weighted by Crippen LogP contribution is -2.13. The minimum atomic E-state index is -0.624. The summed E-state index contributed by atoms with van der Waals surface area (Å²) in [4.78, 5) is 0. The standard InChI is InChI=1S/C9H20OSi/c1-2-3-4-7-10-11-8-5-6-9-11/h11H,2-9H2,1H3. The quantitative estimate of drug-likeness (QED) is 0.458. The van der Waals surface area contributed by atoms with Crippen LogP contribution in [0, 0.1) is 0 Å². The van der Waals surface area contributed by atoms with Crippen LogP contribution in [0.15, 0.2) is 0 Å². The van der Waals surface area contributed by atoms with Crippen LogP contribution < -0.4 is 0 Å². The monoisotopic (exact) mass is 172 g/mol. The van der Waals surface area contributed by atoms with E-state index in [-0.39, 0.29) is 0 Å². The topological polar surface area (TPSA) is 9.23 Å². The molecule has 0 aromatic carbocycles. The zero-order valence-corrected chi connectivity index (χ0v) is 8.80. The second-order valence-electron chi connectivity index (χ2n) is 3.48. The molecular weight excluding hydrogens is 152 g/mol. The zero-order chi connectivity index (χ0) is 7.94. The van der Waals surface area contributed by atoms with Crippen LogP contribution in [0.2, 0.25) is 12.1 Å². The minimum Gasteiger partial charge on any atom is -0.420 e. The fourth-order valence-corrected chi connectivity index (χ4v) is 4.27. The van der Waals surface area contributed by atoms with Crippen LogP contribution in [0.1, 0.15) is 39.0 Å². The Hall–Kier alpha value is 0.177. The Balaban J connectivity index is 1.86. The Morgan fingerprint density at radius 1 is 1.18 bits per heavy atom. The van der Waals surface area contributed by atoms with Gasteiger partial charge in [0.25, 0.3) is 0 Å². The molecule has 11 heavy (non-hydrogen) atoms. The van der Waals surface area contributed by atoms with E-state index in [2.05, 4.69) is 6.92 Å². The third-order valence-electron chi connectivity index (χ3n) is 2.40. The molecule has 0 aromatic heterocycles. The van der Waals surface area contributed by atoms with E-state index >= 15 is 0 Å². The van der Waals surface area contributed by atoms with Gasteiger partial charge in [0.2, 0.25) is 0 Å². The van der Waals surface area contributed by atoms with Crippen molar-refractivity contribution in [3.05, 3.63) is 0 Å². The van der Waals surface area contributed by atoms with Gasteiger partial charge >= 0.3 is 0 Å². The molecule has 0 aromatic rings. The summed E-state index contributed by atoms with van der Waals surface area (Å²) in [5, 5.41) is 0. The average molecular weight is 172 g/mol. The van der Waals surface area contributed by atoms with E-state index in [0.717, 1.165) is 6.61 Å². The van der Waals surface area contributed by atoms with Crippen molar-refractivity contribution in [2.75, 3.05) is 6.61 Å². The van der Waals surface area contributed by atoms with Crippen LogP contribution in [-0.2, 0) is 4.43 Å². The van der Waals surface area contributed by atoms with Gasteiger partial charge < -0.3 is 4.43 Å². The third kappa shape index (κ3) is 3.92. The van der Waals surface area contributed by atoms with E-state index in [4.69, 9.17) is 4.43 Å². The van der Waals surface area contributed by atoms with Gasteiger partial charge in [-0.2, -0.15) is 0 Å². The van der Waals surface area contributed by atoms with Crippen LogP contribution in [-0.4, -0.2) is 15.6 Å². The SMILES string of the molecule is CCCCCO[SiH]1CCCC1. The zero-order valence-electron chi connectivity index (χ0n) is 7.64. The van der Waals surface area contributed by atoms with Gasteiger partial charge in [0.15, 0.2) is 9.04 Å². The van der Waals surface area contributed by atoms with Crippen molar-refractivity contribution in [3.63, 3.8) is 0 Å². The van der Waals surface area contributed by atoms with Crippen molar-refractivity contribution in [3.8, 4) is 0 Å². The Bertz CT molecular complexity index is 89.6. The fourth-order valence-electron chi connectivity index (χ4n) is 1.66. The van der Waals surface area contributed by atoms with Crippen LogP contribution in [0.5, 0.6) is 0 Å². The van der Waals surface area contributed by atoms with Gasteiger partial charge in [0, 0.05) is 6.61 Å². The molecule has 66 valence electrons. The number of unbranched alkanes of at least 4 members (excludes halogenated alkanes) is 2. The number of rotatable bonds is 5. The molecule has 1 aliphatic rings. The molecule has 1 heterocycles. The normalized spacial score (nSPS) is 19.4. The van der Waals surface area contributed by atoms with Crippen LogP contribution >= 0.6 is 0 Å². The largest absolute Gasteiger partial charge is 0.420 e. The highest BCUT2D eigenvalue weighted by Gasteiger charge is 2.16. The number of hydrogen-bond donors (Lipinski definition) is 0. The molecule has 1 aliphatic heterocycles. The van der Waals surface area contributed by atoms with Gasteiger partial charge in [0.1, 0.15) is 0 Å². The summed E-state index contributed by atoms with van der Waals surface area (Å²) in [6.45, 7) is 3.30. The Kier molecular flexibility index (Phi) is 4.87. The van der Waals surface area contributed by atoms with Crippen LogP contribution in [0.25, 0.3) is 0 Å². The molecule has 0 spiro atoms. The summed E-state index contributed by atoms with van der Waals surface area (Å²) < 4.78 is 5.84. The van der Waals surface area contributed by atoms with Crippen molar-refractivity contribution >= 4 is 9.04 Å². The molecule has 0 N–H and O–H groups in total. The van der Waals surface area contributed by atoms with Crippen molar-refractivity contribution in [2.24, 2.45) is 0 Å². The van der Waals surface area contributed by atoms with Crippen LogP contribution in [0.4, 0.5) is 0 Å². The van der Waals surface area contributed by atoms with E-state index in [9.17, 15) is 0 Å². The first-order valence-corrected chi connectivity index (χ1v) is 7.15. The molecule has 0 radical (unpaired) electrons. The molecule has 0 unspecified atom stereocenters. The second-order valence-corrected chi connectivity index (χ2v) is 6.22. The summed E-state index contributed by atoms with van der Waals surface area (Å²) in [7, 11) is -0.624. The van der Waals surface area contributed by atoms with Gasteiger partial charge in [-0.1, -0.05) is 32.6 Å². The van der Waals surface area contributed by atoms with Crippen molar-refractivity contribution in [1.29, 1.82) is 0 Å². The average Bonchev–Trinajstić information content (AvgIpc) is 2.50. The fraction of sp³-hybridized carbons (Fsp3) is 1.00. The van der Waals surface area contributed by atoms with E-state index in [1.54, 1.807) is 0 Å². The summed E-state index contributed by atoms with van der Waals surface area (Å²) in [6.07, 6.45) is 6.85. The highest BCUT2D eigenvalue weighted by molar-refractivity contribution is 6.52. The highest BCUT2D eigenvalue weighted by atomic mass is 28.3. The highest BCUT2D eigenvalue weighted by Crippen LogP contribution is 2.19. The maximum absolute atomic E-state index is 5.84. The molecule has 0 bridgehead atoms. The van der Waals surface area contributed by atoms with Crippen molar-refractivity contribution in [1.82, 2.24) is 0 Å². The van der Waals surface area contributed by atoms with E-state index < -0.39 is 9.04 Å². The lowest BCUT2D eigenvalue weighted by atomic mass is 10.3. The maximum Gasteiger partial charge on any atom is 0.176 e. The van der Waals surface area contributed by atoms with Gasteiger partial charge in [-0.3, -0.25) is 0 Å². The number of hydrogen-bond acceptors (Lipinski definition) is 1. The molecule has 0 aliphatic carbocycles. The maximum atomic E-state index is 5.84. The van der Waals surface area contributed by atoms with Crippen LogP contribution in [0.3, 0.4) is 0 Å². The van der Waals surface area contributed by atoms with Gasteiger partial charge in [-0.15, -0.1) is 0 Å². The van der Waals surface area contributed by atoms with Gasteiger partial charge in [0.05, 0.1) is 0 Å². The molecule has 0 amide bonds. The smallest absolute Gasteiger partial charge is 0.176 e. The first kappa shape index (κ1) is 9.27. The molecule has 1 rings (SSSR count). The lowest BCUT2D eigenvalue weighted by Gasteiger charge is -2.08. The first-order chi connectivity index (χ1) is 5.43. The third-order valence-corrected chi connectivity index (χ3v) is 5.22. The molecule has 0 atom stereocenters. The van der Waals surface area contributed by atoms with E-state index in [0.29, 0.717) is 0 Å². The summed E-state index contributed by atoms with van der Waals surface area (Å²) in [5.41, 5.74) is 0. The van der Waals surface area contributed by atoms with Crippen molar-refractivity contribution in [2.45, 2.75) is 51.1 Å². The molecule has 1 nitrogen and oxygen atoms in total. The first-order valence-electron chi connectivity index (χ1n) is 5.05. The van der Waals surface area contributed by atoms with E-state index in [1.807, 2.05) is 0 Å². The predicted molar refractivity (Wildman–Crippen MR) is 51.5 cm³/mol. The minimum absolute atomic E-state index is 0.624. The molecule has 0 saturated carbocycles. The van der Waals surface area contributed by atoms with Gasteiger partial charge in [-0.25, -0.2) is 0 Å². The second kappa shape index (κ2) is 5.78. The van der Waals surface area contributed by atoms with Gasteiger partial charge in [-0.05, 0) is 18.5 Å². The molecule has 1 fully saturated rings.